The molecule has 2 N–H and O–H groups in total. The Morgan fingerprint density at radius 2 is 1.71 bits per heavy atom. The fourth-order valence-corrected chi connectivity index (χ4v) is 1.96. The van der Waals surface area contributed by atoms with Crippen molar-refractivity contribution in [3.8, 4) is 0 Å². The van der Waals surface area contributed by atoms with E-state index >= 15 is 0 Å². The van der Waals surface area contributed by atoms with Crippen LogP contribution in [0.4, 0.5) is 0 Å². The molecule has 1 aromatic carbocycles. The van der Waals surface area contributed by atoms with Crippen molar-refractivity contribution in [2.24, 2.45) is 5.73 Å². The van der Waals surface area contributed by atoms with Gasteiger partial charge in [0.1, 0.15) is 5.60 Å². The zero-order valence-corrected chi connectivity index (χ0v) is 13.4. The third-order valence-electron chi connectivity index (χ3n) is 2.55. The van der Waals surface area contributed by atoms with E-state index in [0.29, 0.717) is 5.56 Å². The molecule has 1 unspecified atom stereocenters. The predicted octanol–water partition coefficient (Wildman–Crippen LogP) is 1.16. The summed E-state index contributed by atoms with van der Waals surface area (Å²) in [4.78, 5) is 12.4. The summed E-state index contributed by atoms with van der Waals surface area (Å²) in [6, 6.07) is 8.39. The number of carbonyl (C=O) groups excluding carboxylic acids is 1. The van der Waals surface area contributed by atoms with Gasteiger partial charge in [0, 0.05) is 0 Å². The number of nitrogens with two attached hydrogens (primary N) is 1. The van der Waals surface area contributed by atoms with Gasteiger partial charge in [0.05, 0.1) is 12.9 Å². The molecule has 7 heteroatoms. The molecule has 0 saturated heterocycles. The Balaban J connectivity index is 3.13. The van der Waals surface area contributed by atoms with E-state index in [0.717, 1.165) is 6.26 Å². The second kappa shape index (κ2) is 6.13. The van der Waals surface area contributed by atoms with Crippen molar-refractivity contribution in [3.05, 3.63) is 35.9 Å². The molecule has 0 aromatic heterocycles. The summed E-state index contributed by atoms with van der Waals surface area (Å²) in [6.45, 7) is 4.58. The first kappa shape index (κ1) is 17.6. The van der Waals surface area contributed by atoms with Crippen LogP contribution in [0, 0.1) is 0 Å². The Morgan fingerprint density at radius 3 is 2.14 bits per heavy atom. The normalized spacial score (nSPS) is 15.3. The van der Waals surface area contributed by atoms with E-state index in [4.69, 9.17) is 14.7 Å². The third-order valence-corrected chi connectivity index (χ3v) is 3.10. The summed E-state index contributed by atoms with van der Waals surface area (Å²) in [5.74, 6) is -0.746. The van der Waals surface area contributed by atoms with Gasteiger partial charge in [-0.25, -0.2) is 4.79 Å². The van der Waals surface area contributed by atoms with Gasteiger partial charge in [-0.2, -0.15) is 8.42 Å². The smallest absolute Gasteiger partial charge is 0.333 e. The van der Waals surface area contributed by atoms with Crippen LogP contribution in [0.1, 0.15) is 26.3 Å². The number of benzene rings is 1. The van der Waals surface area contributed by atoms with E-state index in [1.165, 1.54) is 0 Å². The summed E-state index contributed by atoms with van der Waals surface area (Å²) >= 11 is 0. The molecule has 0 heterocycles. The molecule has 0 aliphatic rings. The van der Waals surface area contributed by atoms with Crippen molar-refractivity contribution >= 4 is 16.1 Å². The molecular weight excluding hydrogens is 294 g/mol. The minimum Gasteiger partial charge on any atom is -0.458 e. The SMILES string of the molecule is CC(C)(C)OC(=O)C(N)(COS(C)(=O)=O)c1ccccc1. The molecule has 118 valence electrons. The van der Waals surface area contributed by atoms with Gasteiger partial charge in [0.15, 0.2) is 5.54 Å². The maximum Gasteiger partial charge on any atom is 0.333 e. The average Bonchev–Trinajstić information content (AvgIpc) is 2.34. The van der Waals surface area contributed by atoms with Gasteiger partial charge in [-0.05, 0) is 26.3 Å². The van der Waals surface area contributed by atoms with Crippen LogP contribution < -0.4 is 5.73 Å². The summed E-state index contributed by atoms with van der Waals surface area (Å²) < 4.78 is 32.4. The summed E-state index contributed by atoms with van der Waals surface area (Å²) in [5, 5.41) is 0. The van der Waals surface area contributed by atoms with Crippen LogP contribution in [0.15, 0.2) is 30.3 Å². The Morgan fingerprint density at radius 1 is 1.19 bits per heavy atom. The van der Waals surface area contributed by atoms with Crippen LogP contribution in [0.25, 0.3) is 0 Å². The van der Waals surface area contributed by atoms with Crippen LogP contribution in [-0.2, 0) is 29.4 Å². The van der Waals surface area contributed by atoms with Crippen LogP contribution >= 0.6 is 0 Å². The fourth-order valence-electron chi connectivity index (χ4n) is 1.56. The molecule has 0 aliphatic heterocycles. The van der Waals surface area contributed by atoms with Crippen molar-refractivity contribution in [1.82, 2.24) is 0 Å². The van der Waals surface area contributed by atoms with Crippen molar-refractivity contribution < 1.29 is 22.1 Å². The summed E-state index contributed by atoms with van der Waals surface area (Å²) in [7, 11) is -3.73. The summed E-state index contributed by atoms with van der Waals surface area (Å²) in [6.07, 6.45) is 0.896. The van der Waals surface area contributed by atoms with Crippen LogP contribution in [0.5, 0.6) is 0 Å². The topological polar surface area (TPSA) is 95.7 Å². The average molecular weight is 315 g/mol. The van der Waals surface area contributed by atoms with Gasteiger partial charge in [0.25, 0.3) is 10.1 Å². The molecule has 0 fully saturated rings. The van der Waals surface area contributed by atoms with E-state index in [1.54, 1.807) is 51.1 Å². The zero-order chi connectivity index (χ0) is 16.3. The number of carbonyl (C=O) groups is 1. The lowest BCUT2D eigenvalue weighted by Crippen LogP contribution is -2.52. The Kier molecular flexibility index (Phi) is 5.14. The minimum atomic E-state index is -3.73. The first-order valence-corrected chi connectivity index (χ1v) is 8.18. The molecule has 21 heavy (non-hydrogen) atoms. The van der Waals surface area contributed by atoms with Gasteiger partial charge in [-0.3, -0.25) is 4.18 Å². The first-order valence-electron chi connectivity index (χ1n) is 6.36. The highest BCUT2D eigenvalue weighted by Crippen LogP contribution is 2.24. The van der Waals surface area contributed by atoms with Gasteiger partial charge in [-0.15, -0.1) is 0 Å². The molecule has 0 amide bonds. The third kappa shape index (κ3) is 5.45. The van der Waals surface area contributed by atoms with Gasteiger partial charge in [0.2, 0.25) is 0 Å². The number of ether oxygens (including phenoxy) is 1. The van der Waals surface area contributed by atoms with Gasteiger partial charge in [-0.1, -0.05) is 30.3 Å². The fraction of sp³-hybridized carbons (Fsp3) is 0.500. The van der Waals surface area contributed by atoms with Gasteiger partial charge >= 0.3 is 5.97 Å². The number of hydrogen-bond acceptors (Lipinski definition) is 6. The van der Waals surface area contributed by atoms with Crippen LogP contribution in [0.2, 0.25) is 0 Å². The first-order chi connectivity index (χ1) is 9.44. The lowest BCUT2D eigenvalue weighted by molar-refractivity contribution is -0.163. The second-order valence-corrected chi connectivity index (χ2v) is 7.45. The summed E-state index contributed by atoms with van der Waals surface area (Å²) in [5.41, 5.74) is 4.09. The molecule has 0 radical (unpaired) electrons. The quantitative estimate of drug-likeness (QED) is 0.647. The lowest BCUT2D eigenvalue weighted by Gasteiger charge is -2.31. The second-order valence-electron chi connectivity index (χ2n) is 5.81. The molecule has 0 spiro atoms. The minimum absolute atomic E-state index is 0.419. The Labute approximate surface area is 125 Å². The van der Waals surface area contributed by atoms with Crippen molar-refractivity contribution in [2.45, 2.75) is 31.9 Å². The number of hydrogen-bond donors (Lipinski definition) is 1. The molecule has 0 bridgehead atoms. The Hall–Kier alpha value is -1.44. The Bertz CT molecular complexity index is 592. The van der Waals surface area contributed by atoms with E-state index in [9.17, 15) is 13.2 Å². The highest BCUT2D eigenvalue weighted by molar-refractivity contribution is 7.85. The van der Waals surface area contributed by atoms with Crippen LogP contribution in [-0.4, -0.2) is 32.9 Å². The van der Waals surface area contributed by atoms with Crippen LogP contribution in [0.3, 0.4) is 0 Å². The number of rotatable bonds is 5. The van der Waals surface area contributed by atoms with E-state index in [2.05, 4.69) is 0 Å². The zero-order valence-electron chi connectivity index (χ0n) is 12.6. The van der Waals surface area contributed by atoms with Crippen molar-refractivity contribution in [2.75, 3.05) is 12.9 Å². The lowest BCUT2D eigenvalue weighted by atomic mass is 9.92. The standard InChI is InChI=1S/C14H21NO5S/c1-13(2,3)20-12(16)14(15,10-19-21(4,17)18)11-8-6-5-7-9-11/h5-9H,10,15H2,1-4H3. The van der Waals surface area contributed by atoms with E-state index in [-0.39, 0.29) is 0 Å². The molecule has 6 nitrogen and oxygen atoms in total. The molecule has 0 aliphatic carbocycles. The maximum atomic E-state index is 12.4. The number of esters is 1. The highest BCUT2D eigenvalue weighted by Gasteiger charge is 2.41. The maximum absolute atomic E-state index is 12.4. The van der Waals surface area contributed by atoms with Crippen molar-refractivity contribution in [1.29, 1.82) is 0 Å². The van der Waals surface area contributed by atoms with Gasteiger partial charge < -0.3 is 10.5 Å². The molecule has 1 aromatic rings. The highest BCUT2D eigenvalue weighted by atomic mass is 32.2. The van der Waals surface area contributed by atoms with E-state index < -0.39 is 33.8 Å². The predicted molar refractivity (Wildman–Crippen MR) is 78.9 cm³/mol. The molecule has 0 saturated carbocycles. The molecule has 1 atom stereocenters. The van der Waals surface area contributed by atoms with Crippen molar-refractivity contribution in [3.63, 3.8) is 0 Å². The molecule has 1 rings (SSSR count). The largest absolute Gasteiger partial charge is 0.458 e. The molecular formula is C14H21NO5S. The van der Waals surface area contributed by atoms with E-state index in [1.807, 2.05) is 0 Å². The monoisotopic (exact) mass is 315 g/mol.